The molecule has 362 valence electrons. The molecule has 0 aromatic rings. The first kappa shape index (κ1) is 59.9. The zero-order chi connectivity index (χ0) is 46.3. The van der Waals surface area contributed by atoms with E-state index in [1.807, 2.05) is 0 Å². The minimum absolute atomic E-state index is 0.120. The van der Waals surface area contributed by atoms with Crippen LogP contribution < -0.4 is 5.32 Å². The van der Waals surface area contributed by atoms with E-state index in [0.29, 0.717) is 12.8 Å². The lowest BCUT2D eigenvalue weighted by Gasteiger charge is -2.18. The summed E-state index contributed by atoms with van der Waals surface area (Å²) in [6.07, 6.45) is 54.9. The van der Waals surface area contributed by atoms with Gasteiger partial charge in [-0.15, -0.1) is 0 Å². The second-order valence-electron chi connectivity index (χ2n) is 16.3. The van der Waals surface area contributed by atoms with Gasteiger partial charge in [0.15, 0.2) is 6.04 Å². The monoisotopic (exact) mass is 906 g/mol. The maximum atomic E-state index is 12.4. The SMILES string of the molecule is CC/C=C\C/C=C\C/C=C\C/C=C\C/C=C\CCCCCCCC(=O)NC(COP(=O)(O)OCC(O)COC(=O)CCCCCCCCC/C=C\CCCCCCCCC)C(=O)O. The Kier molecular flexibility index (Phi) is 43.3. The molecule has 0 aliphatic rings. The highest BCUT2D eigenvalue weighted by Crippen LogP contribution is 2.43. The van der Waals surface area contributed by atoms with Crippen molar-refractivity contribution in [2.75, 3.05) is 19.8 Å². The number of unbranched alkanes of at least 4 members (excludes halogenated alkanes) is 19. The highest BCUT2D eigenvalue weighted by Gasteiger charge is 2.28. The van der Waals surface area contributed by atoms with Crippen molar-refractivity contribution in [2.24, 2.45) is 0 Å². The van der Waals surface area contributed by atoms with Gasteiger partial charge < -0.3 is 25.2 Å². The number of aliphatic hydroxyl groups is 1. The molecule has 63 heavy (non-hydrogen) atoms. The summed E-state index contributed by atoms with van der Waals surface area (Å²) in [5.74, 6) is -2.41. The molecule has 0 saturated heterocycles. The number of ether oxygens (including phenoxy) is 1. The molecule has 0 aromatic carbocycles. The van der Waals surface area contributed by atoms with Crippen LogP contribution in [0.25, 0.3) is 0 Å². The van der Waals surface area contributed by atoms with Gasteiger partial charge in [-0.25, -0.2) is 9.36 Å². The van der Waals surface area contributed by atoms with Crippen LogP contribution in [0, 0.1) is 0 Å². The van der Waals surface area contributed by atoms with Crippen molar-refractivity contribution >= 4 is 25.7 Å². The first-order chi connectivity index (χ1) is 30.6. The van der Waals surface area contributed by atoms with Gasteiger partial charge in [0, 0.05) is 12.8 Å². The van der Waals surface area contributed by atoms with Gasteiger partial charge in [-0.1, -0.05) is 177 Å². The molecule has 1 amide bonds. The lowest BCUT2D eigenvalue weighted by Crippen LogP contribution is -2.43. The van der Waals surface area contributed by atoms with Crippen molar-refractivity contribution in [1.29, 1.82) is 0 Å². The Hall–Kier alpha value is -3.08. The molecule has 4 N–H and O–H groups in total. The van der Waals surface area contributed by atoms with E-state index in [1.54, 1.807) is 0 Å². The Labute approximate surface area is 382 Å². The Morgan fingerprint density at radius 3 is 1.40 bits per heavy atom. The summed E-state index contributed by atoms with van der Waals surface area (Å²) in [7, 11) is -4.77. The first-order valence-electron chi connectivity index (χ1n) is 24.5. The molecule has 0 bridgehead atoms. The summed E-state index contributed by atoms with van der Waals surface area (Å²) in [6, 6.07) is -1.56. The van der Waals surface area contributed by atoms with Crippen LogP contribution in [-0.4, -0.2) is 64.9 Å². The molecule has 0 heterocycles. The topological polar surface area (TPSA) is 169 Å². The van der Waals surface area contributed by atoms with E-state index >= 15 is 0 Å². The molecule has 0 aliphatic heterocycles. The van der Waals surface area contributed by atoms with Crippen molar-refractivity contribution < 1.29 is 47.8 Å². The second kappa shape index (κ2) is 45.5. The fourth-order valence-corrected chi connectivity index (χ4v) is 7.23. The van der Waals surface area contributed by atoms with Crippen LogP contribution in [0.1, 0.15) is 200 Å². The van der Waals surface area contributed by atoms with Crippen molar-refractivity contribution in [3.05, 3.63) is 72.9 Å². The zero-order valence-corrected chi connectivity index (χ0v) is 40.3. The number of carbonyl (C=O) groups is 3. The molecule has 3 atom stereocenters. The van der Waals surface area contributed by atoms with Gasteiger partial charge in [0.25, 0.3) is 0 Å². The standard InChI is InChI=1S/C51H88NO10P/c1-3-5-7-9-11-13-15-17-19-21-23-24-25-26-28-30-32-34-36-38-40-42-49(54)52-48(51(56)57)46-62-63(58,59)61-45-47(53)44-60-50(55)43-41-39-37-35-33-31-29-27-22-20-18-16-14-12-10-8-6-4-2/h5,7,11,13,17,19-20,22-24,26,28,47-48,53H,3-4,6,8-10,12,14-16,18,21,25,27,29-46H2,1-2H3,(H,52,54)(H,56,57)(H,58,59)/b7-5-,13-11-,19-17-,22-20-,24-23-,28-26-. The summed E-state index contributed by atoms with van der Waals surface area (Å²) in [5.41, 5.74) is 0. The predicted octanol–water partition coefficient (Wildman–Crippen LogP) is 13.3. The summed E-state index contributed by atoms with van der Waals surface area (Å²) in [5, 5.41) is 21.9. The Balaban J connectivity index is 3.91. The minimum atomic E-state index is -4.77. The largest absolute Gasteiger partial charge is 0.480 e. The number of aliphatic carboxylic acids is 1. The van der Waals surface area contributed by atoms with E-state index in [9.17, 15) is 34.1 Å². The minimum Gasteiger partial charge on any atom is -0.480 e. The number of nitrogens with one attached hydrogen (secondary N) is 1. The molecule has 0 rings (SSSR count). The number of carbonyl (C=O) groups excluding carboxylic acids is 2. The first-order valence-corrected chi connectivity index (χ1v) is 26.0. The molecular formula is C51H88NO10P. The number of carboxylic acid groups (broad SMARTS) is 1. The number of hydrogen-bond acceptors (Lipinski definition) is 8. The third-order valence-corrected chi connectivity index (χ3v) is 11.2. The van der Waals surface area contributed by atoms with Crippen LogP contribution in [0.5, 0.6) is 0 Å². The number of esters is 1. The van der Waals surface area contributed by atoms with Crippen molar-refractivity contribution in [3.8, 4) is 0 Å². The van der Waals surface area contributed by atoms with Crippen LogP contribution in [0.4, 0.5) is 0 Å². The van der Waals surface area contributed by atoms with E-state index < -0.39 is 57.6 Å². The lowest BCUT2D eigenvalue weighted by molar-refractivity contribution is -0.147. The van der Waals surface area contributed by atoms with Crippen LogP contribution in [0.2, 0.25) is 0 Å². The van der Waals surface area contributed by atoms with E-state index in [2.05, 4.69) is 92.1 Å². The molecule has 0 aliphatic carbocycles. The fraction of sp³-hybridized carbons (Fsp3) is 0.706. The van der Waals surface area contributed by atoms with Crippen LogP contribution in [0.15, 0.2) is 72.9 Å². The summed E-state index contributed by atoms with van der Waals surface area (Å²) in [4.78, 5) is 46.1. The smallest absolute Gasteiger partial charge is 0.472 e. The van der Waals surface area contributed by atoms with Crippen molar-refractivity contribution in [2.45, 2.75) is 212 Å². The highest BCUT2D eigenvalue weighted by atomic mass is 31.2. The van der Waals surface area contributed by atoms with Gasteiger partial charge in [0.2, 0.25) is 5.91 Å². The third kappa shape index (κ3) is 45.3. The molecule has 0 aromatic heterocycles. The third-order valence-electron chi connectivity index (χ3n) is 10.2. The van der Waals surface area contributed by atoms with E-state index in [4.69, 9.17) is 13.8 Å². The molecule has 11 nitrogen and oxygen atoms in total. The van der Waals surface area contributed by atoms with Gasteiger partial charge in [-0.05, 0) is 83.5 Å². The van der Waals surface area contributed by atoms with Gasteiger partial charge in [0.1, 0.15) is 12.7 Å². The molecule has 0 spiro atoms. The van der Waals surface area contributed by atoms with Crippen LogP contribution in [0.3, 0.4) is 0 Å². The zero-order valence-electron chi connectivity index (χ0n) is 39.4. The number of rotatable bonds is 45. The molecule has 3 unspecified atom stereocenters. The number of phosphoric acid groups is 1. The van der Waals surface area contributed by atoms with Gasteiger partial charge in [0.05, 0.1) is 13.2 Å². The molecular weight excluding hydrogens is 818 g/mol. The summed E-state index contributed by atoms with van der Waals surface area (Å²) >= 11 is 0. The maximum absolute atomic E-state index is 12.4. The van der Waals surface area contributed by atoms with E-state index in [1.165, 1.54) is 70.6 Å². The quantitative estimate of drug-likeness (QED) is 0.0200. The highest BCUT2D eigenvalue weighted by molar-refractivity contribution is 7.47. The Bertz CT molecular complexity index is 1340. The van der Waals surface area contributed by atoms with Crippen molar-refractivity contribution in [1.82, 2.24) is 5.32 Å². The normalized spacial score (nSPS) is 14.2. The number of carboxylic acids is 1. The average molecular weight is 906 g/mol. The fourth-order valence-electron chi connectivity index (χ4n) is 6.45. The number of hydrogen-bond donors (Lipinski definition) is 4. The van der Waals surface area contributed by atoms with Gasteiger partial charge >= 0.3 is 19.8 Å². The van der Waals surface area contributed by atoms with Crippen LogP contribution in [-0.2, 0) is 32.7 Å². The van der Waals surface area contributed by atoms with Crippen molar-refractivity contribution in [3.63, 3.8) is 0 Å². The number of aliphatic hydroxyl groups excluding tert-OH is 1. The Morgan fingerprint density at radius 1 is 0.524 bits per heavy atom. The average Bonchev–Trinajstić information content (AvgIpc) is 3.26. The van der Waals surface area contributed by atoms with Gasteiger partial charge in [-0.3, -0.25) is 18.6 Å². The molecule has 0 radical (unpaired) electrons. The number of phosphoric ester groups is 1. The lowest BCUT2D eigenvalue weighted by atomic mass is 10.1. The second-order valence-corrected chi connectivity index (χ2v) is 17.7. The number of allylic oxidation sites excluding steroid dienone is 12. The molecule has 0 fully saturated rings. The van der Waals surface area contributed by atoms with Crippen LogP contribution >= 0.6 is 7.82 Å². The van der Waals surface area contributed by atoms with E-state index in [0.717, 1.165) is 89.9 Å². The number of amides is 1. The van der Waals surface area contributed by atoms with E-state index in [-0.39, 0.29) is 12.8 Å². The molecule has 12 heteroatoms. The maximum Gasteiger partial charge on any atom is 0.472 e. The predicted molar refractivity (Wildman–Crippen MR) is 258 cm³/mol. The Morgan fingerprint density at radius 2 is 0.921 bits per heavy atom. The van der Waals surface area contributed by atoms with Gasteiger partial charge in [-0.2, -0.15) is 0 Å². The summed E-state index contributed by atoms with van der Waals surface area (Å²) in [6.45, 7) is 2.47. The summed E-state index contributed by atoms with van der Waals surface area (Å²) < 4.78 is 26.9. The molecule has 0 saturated carbocycles.